The predicted octanol–water partition coefficient (Wildman–Crippen LogP) is 19.4. The summed E-state index contributed by atoms with van der Waals surface area (Å²) in [7, 11) is 0. The molecule has 0 bridgehead atoms. The van der Waals surface area contributed by atoms with Crippen LogP contribution in [0.3, 0.4) is 0 Å². The number of carbonyl (C=O) groups excluding carboxylic acids is 3. The maximum atomic E-state index is 12.9. The summed E-state index contributed by atoms with van der Waals surface area (Å²) < 4.78 is 16.8. The number of ether oxygens (including phenoxy) is 3. The fourth-order valence-corrected chi connectivity index (χ4v) is 8.00. The van der Waals surface area contributed by atoms with Gasteiger partial charge in [-0.1, -0.05) is 222 Å². The molecule has 0 aliphatic heterocycles. The van der Waals surface area contributed by atoms with Gasteiger partial charge in [0.25, 0.3) is 0 Å². The molecule has 6 heteroatoms. The molecule has 0 aromatic carbocycles. The first-order valence-corrected chi connectivity index (χ1v) is 28.9. The molecule has 0 rings (SSSR count). The predicted molar refractivity (Wildman–Crippen MR) is 293 cm³/mol. The highest BCUT2D eigenvalue weighted by Crippen LogP contribution is 2.14. The summed E-state index contributed by atoms with van der Waals surface area (Å²) in [4.78, 5) is 38.1. The highest BCUT2D eigenvalue weighted by molar-refractivity contribution is 5.71. The van der Waals surface area contributed by atoms with Crippen LogP contribution in [0.15, 0.2) is 72.9 Å². The highest BCUT2D eigenvalue weighted by Gasteiger charge is 2.19. The third-order valence-electron chi connectivity index (χ3n) is 12.4. The van der Waals surface area contributed by atoms with Gasteiger partial charge < -0.3 is 14.2 Å². The van der Waals surface area contributed by atoms with E-state index in [9.17, 15) is 14.4 Å². The first-order chi connectivity index (χ1) is 33.5. The Morgan fingerprint density at radius 1 is 0.294 bits per heavy atom. The van der Waals surface area contributed by atoms with Crippen molar-refractivity contribution < 1.29 is 28.6 Å². The maximum absolute atomic E-state index is 12.9. The van der Waals surface area contributed by atoms with E-state index in [0.29, 0.717) is 19.3 Å². The van der Waals surface area contributed by atoms with Crippen LogP contribution < -0.4 is 0 Å². The minimum absolute atomic E-state index is 0.0912. The van der Waals surface area contributed by atoms with Crippen molar-refractivity contribution in [1.82, 2.24) is 0 Å². The minimum Gasteiger partial charge on any atom is -0.462 e. The van der Waals surface area contributed by atoms with E-state index in [1.807, 2.05) is 0 Å². The van der Waals surface area contributed by atoms with Gasteiger partial charge in [0, 0.05) is 19.3 Å². The second-order valence-electron chi connectivity index (χ2n) is 19.2. The molecule has 0 amide bonds. The molecule has 0 aliphatic rings. The summed E-state index contributed by atoms with van der Waals surface area (Å²) in [6, 6.07) is 0. The lowest BCUT2D eigenvalue weighted by molar-refractivity contribution is -0.167. The van der Waals surface area contributed by atoms with Gasteiger partial charge in [-0.05, 0) is 116 Å². The number of rotatable bonds is 52. The third kappa shape index (κ3) is 53.8. The number of hydrogen-bond acceptors (Lipinski definition) is 6. The van der Waals surface area contributed by atoms with E-state index >= 15 is 0 Å². The average molecular weight is 950 g/mol. The largest absolute Gasteiger partial charge is 0.462 e. The molecule has 0 aromatic heterocycles. The Labute approximate surface area is 421 Å². The number of carbonyl (C=O) groups is 3. The van der Waals surface area contributed by atoms with Crippen LogP contribution in [-0.4, -0.2) is 37.2 Å². The Kier molecular flexibility index (Phi) is 53.8. The summed E-state index contributed by atoms with van der Waals surface area (Å²) in [5.74, 6) is -0.927. The fourth-order valence-electron chi connectivity index (χ4n) is 8.00. The number of allylic oxidation sites excluding steroid dienone is 12. The van der Waals surface area contributed by atoms with Gasteiger partial charge in [-0.15, -0.1) is 0 Å². The molecule has 0 aliphatic carbocycles. The van der Waals surface area contributed by atoms with Crippen molar-refractivity contribution in [1.29, 1.82) is 0 Å². The fraction of sp³-hybridized carbons (Fsp3) is 0.758. The van der Waals surface area contributed by atoms with Gasteiger partial charge in [-0.3, -0.25) is 14.4 Å². The van der Waals surface area contributed by atoms with E-state index in [2.05, 4.69) is 93.7 Å². The van der Waals surface area contributed by atoms with Crippen LogP contribution in [-0.2, 0) is 28.6 Å². The molecule has 68 heavy (non-hydrogen) atoms. The quantitative estimate of drug-likeness (QED) is 0.0262. The molecular formula is C62H108O6. The third-order valence-corrected chi connectivity index (χ3v) is 12.4. The molecule has 0 heterocycles. The summed E-state index contributed by atoms with van der Waals surface area (Å²) in [5, 5.41) is 0. The minimum atomic E-state index is -0.794. The molecule has 1 atom stereocenters. The van der Waals surface area contributed by atoms with E-state index in [1.54, 1.807) is 0 Å². The average Bonchev–Trinajstić information content (AvgIpc) is 3.34. The molecule has 0 unspecified atom stereocenters. The summed E-state index contributed by atoms with van der Waals surface area (Å²) in [6.45, 7) is 6.58. The van der Waals surface area contributed by atoms with Gasteiger partial charge >= 0.3 is 17.9 Å². The van der Waals surface area contributed by atoms with Gasteiger partial charge in [0.05, 0.1) is 0 Å². The van der Waals surface area contributed by atoms with Crippen LogP contribution in [0, 0.1) is 0 Å². The van der Waals surface area contributed by atoms with Crippen LogP contribution in [0.4, 0.5) is 0 Å². The molecule has 0 saturated carbocycles. The molecule has 0 aromatic rings. The zero-order chi connectivity index (χ0) is 49.3. The summed E-state index contributed by atoms with van der Waals surface area (Å²) in [5.41, 5.74) is 0. The van der Waals surface area contributed by atoms with E-state index in [0.717, 1.165) is 89.9 Å². The molecule has 0 radical (unpaired) electrons. The Bertz CT molecular complexity index is 1270. The summed E-state index contributed by atoms with van der Waals surface area (Å²) >= 11 is 0. The zero-order valence-electron chi connectivity index (χ0n) is 44.9. The standard InChI is InChI=1S/C62H108O6/c1-4-7-10-13-16-19-22-25-28-30-31-33-34-37-40-43-46-49-52-55-61(64)67-58-59(57-66-60(63)54-51-48-45-42-39-36-27-24-21-18-15-12-9-6-3)68-62(65)56-53-50-47-44-41-38-35-32-29-26-23-20-17-14-11-8-5-2/h16,19,24-29,31,33,37,40,59H,4-15,17-18,20-23,30,32,34-36,38-39,41-58H2,1-3H3/b19-16-,27-24-,28-25-,29-26-,33-31-,40-37-/t59-/m1/s1. The van der Waals surface area contributed by atoms with E-state index in [-0.39, 0.29) is 31.1 Å². The first-order valence-electron chi connectivity index (χ1n) is 28.9. The number of unbranched alkanes of at least 4 members (excludes halogenated alkanes) is 29. The molecular weight excluding hydrogens is 841 g/mol. The SMILES string of the molecule is CCCCC/C=C\C/C=C\C/C=C\C/C=C\CCCCCC(=O)OC[C@@H](COC(=O)CCCCCCC/C=C\CCCCCCC)OC(=O)CCCCCCCCC/C=C\CCCCCCCC. The molecule has 6 nitrogen and oxygen atoms in total. The van der Waals surface area contributed by atoms with Crippen LogP contribution in [0.1, 0.15) is 284 Å². The topological polar surface area (TPSA) is 78.9 Å². The van der Waals surface area contributed by atoms with E-state index in [1.165, 1.54) is 154 Å². The van der Waals surface area contributed by atoms with Crippen LogP contribution in [0.25, 0.3) is 0 Å². The monoisotopic (exact) mass is 949 g/mol. The molecule has 0 fully saturated rings. The Morgan fingerprint density at radius 2 is 0.529 bits per heavy atom. The lowest BCUT2D eigenvalue weighted by Crippen LogP contribution is -2.30. The van der Waals surface area contributed by atoms with Crippen molar-refractivity contribution in [3.63, 3.8) is 0 Å². The summed E-state index contributed by atoms with van der Waals surface area (Å²) in [6.07, 6.45) is 71.7. The van der Waals surface area contributed by atoms with Gasteiger partial charge in [0.2, 0.25) is 0 Å². The van der Waals surface area contributed by atoms with Crippen molar-refractivity contribution in [2.24, 2.45) is 0 Å². The van der Waals surface area contributed by atoms with Gasteiger partial charge in [-0.2, -0.15) is 0 Å². The molecule has 0 spiro atoms. The van der Waals surface area contributed by atoms with Crippen LogP contribution >= 0.6 is 0 Å². The van der Waals surface area contributed by atoms with Crippen LogP contribution in [0.5, 0.6) is 0 Å². The second kappa shape index (κ2) is 56.4. The van der Waals surface area contributed by atoms with Crippen molar-refractivity contribution >= 4 is 17.9 Å². The van der Waals surface area contributed by atoms with Gasteiger partial charge in [0.1, 0.15) is 13.2 Å². The number of hydrogen-bond donors (Lipinski definition) is 0. The second-order valence-corrected chi connectivity index (χ2v) is 19.2. The first kappa shape index (κ1) is 64.8. The Hall–Kier alpha value is -3.15. The van der Waals surface area contributed by atoms with Gasteiger partial charge in [-0.25, -0.2) is 0 Å². The highest BCUT2D eigenvalue weighted by atomic mass is 16.6. The van der Waals surface area contributed by atoms with Crippen molar-refractivity contribution in [2.75, 3.05) is 13.2 Å². The Balaban J connectivity index is 4.45. The van der Waals surface area contributed by atoms with Crippen molar-refractivity contribution in [2.45, 2.75) is 290 Å². The Morgan fingerprint density at radius 3 is 0.882 bits per heavy atom. The van der Waals surface area contributed by atoms with Gasteiger partial charge in [0.15, 0.2) is 6.10 Å². The van der Waals surface area contributed by atoms with Crippen molar-refractivity contribution in [3.05, 3.63) is 72.9 Å². The maximum Gasteiger partial charge on any atom is 0.306 e. The molecule has 0 saturated heterocycles. The lowest BCUT2D eigenvalue weighted by atomic mass is 10.1. The molecule has 0 N–H and O–H groups in total. The van der Waals surface area contributed by atoms with E-state index in [4.69, 9.17) is 14.2 Å². The smallest absolute Gasteiger partial charge is 0.306 e. The molecule has 392 valence electrons. The zero-order valence-corrected chi connectivity index (χ0v) is 44.9. The lowest BCUT2D eigenvalue weighted by Gasteiger charge is -2.18. The van der Waals surface area contributed by atoms with Crippen molar-refractivity contribution in [3.8, 4) is 0 Å². The number of esters is 3. The van der Waals surface area contributed by atoms with Crippen LogP contribution in [0.2, 0.25) is 0 Å². The van der Waals surface area contributed by atoms with E-state index < -0.39 is 6.10 Å². The normalized spacial score (nSPS) is 12.6.